The molecule has 0 spiro atoms. The normalized spacial score (nSPS) is 17.9. The molecular formula is C25H26ClF2N7O2. The molecule has 37 heavy (non-hydrogen) atoms. The topological polar surface area (TPSA) is 112 Å². The molecule has 9 nitrogen and oxygen atoms in total. The smallest absolute Gasteiger partial charge is 0.387 e. The average Bonchev–Trinajstić information content (AvgIpc) is 3.45. The maximum absolute atomic E-state index is 13.4. The van der Waals surface area contributed by atoms with Gasteiger partial charge in [0.25, 0.3) is 5.91 Å². The molecule has 5 rings (SSSR count). The Kier molecular flexibility index (Phi) is 6.96. The van der Waals surface area contributed by atoms with E-state index in [2.05, 4.69) is 22.3 Å². The molecule has 1 fully saturated rings. The number of halogens is 3. The third-order valence-electron chi connectivity index (χ3n) is 6.75. The molecule has 4 aromatic rings. The monoisotopic (exact) mass is 529 g/mol. The molecule has 0 radical (unpaired) electrons. The van der Waals surface area contributed by atoms with Crippen molar-refractivity contribution in [3.05, 3.63) is 53.4 Å². The highest BCUT2D eigenvalue weighted by Crippen LogP contribution is 2.40. The first kappa shape index (κ1) is 24.9. The molecule has 1 saturated carbocycles. The molecule has 2 atom stereocenters. The van der Waals surface area contributed by atoms with Crippen LogP contribution < -0.4 is 15.8 Å². The number of fused-ring (bicyclic) bond motifs is 1. The van der Waals surface area contributed by atoms with Crippen LogP contribution in [0.15, 0.2) is 42.9 Å². The Hall–Kier alpha value is -3.73. The van der Waals surface area contributed by atoms with Crippen molar-refractivity contribution in [3.63, 3.8) is 0 Å². The number of amides is 1. The van der Waals surface area contributed by atoms with Gasteiger partial charge in [-0.1, -0.05) is 37.8 Å². The molecule has 3 heterocycles. The fraction of sp³-hybridized carbons (Fsp3) is 0.360. The first-order valence-electron chi connectivity index (χ1n) is 12.1. The van der Waals surface area contributed by atoms with Crippen LogP contribution in [0.5, 0.6) is 5.75 Å². The van der Waals surface area contributed by atoms with Crippen LogP contribution in [0.4, 0.5) is 20.3 Å². The summed E-state index contributed by atoms with van der Waals surface area (Å²) in [5.74, 6) is -0.0847. The lowest BCUT2D eigenvalue weighted by Gasteiger charge is -2.28. The van der Waals surface area contributed by atoms with Gasteiger partial charge in [0.2, 0.25) is 0 Å². The fourth-order valence-corrected chi connectivity index (χ4v) is 5.11. The molecular weight excluding hydrogens is 504 g/mol. The Morgan fingerprint density at radius 2 is 2.16 bits per heavy atom. The van der Waals surface area contributed by atoms with Crippen LogP contribution in [0.25, 0.3) is 16.9 Å². The average molecular weight is 530 g/mol. The second kappa shape index (κ2) is 10.3. The van der Waals surface area contributed by atoms with E-state index >= 15 is 0 Å². The van der Waals surface area contributed by atoms with Crippen molar-refractivity contribution in [2.45, 2.75) is 51.7 Å². The number of ether oxygens (including phenoxy) is 1. The maximum atomic E-state index is 13.4. The Bertz CT molecular complexity index is 1440. The van der Waals surface area contributed by atoms with Crippen molar-refractivity contribution in [2.24, 2.45) is 5.92 Å². The first-order valence-corrected chi connectivity index (χ1v) is 12.5. The number of benzene rings is 1. The number of nitrogens with two attached hydrogens (primary N) is 1. The highest BCUT2D eigenvalue weighted by Gasteiger charge is 2.27. The molecule has 1 aliphatic carbocycles. The van der Waals surface area contributed by atoms with Gasteiger partial charge in [-0.2, -0.15) is 13.9 Å². The quantitative estimate of drug-likeness (QED) is 0.312. The molecule has 12 heteroatoms. The number of alkyl halides is 2. The van der Waals surface area contributed by atoms with Crippen LogP contribution in [0.2, 0.25) is 5.02 Å². The van der Waals surface area contributed by atoms with E-state index in [0.29, 0.717) is 16.6 Å². The van der Waals surface area contributed by atoms with Crippen LogP contribution in [0.1, 0.15) is 55.4 Å². The number of anilines is 2. The largest absolute Gasteiger partial charge is 0.434 e. The van der Waals surface area contributed by atoms with Crippen LogP contribution in [0, 0.1) is 5.92 Å². The molecule has 0 unspecified atom stereocenters. The number of hydrogen-bond donors (Lipinski definition) is 2. The standard InChI is InChI=1S/C25H26ClF2N7O2/c1-2-14-5-3-6-16(11-14)35-13-18(21(32-35)17-12-15(26)7-8-19(17)37-25(27)28)31-24(36)20-22(29)33-34-10-4-9-30-23(20)34/h4,7-10,12-14,16,25H,2-3,5-6,11H2,1H3,(H2,29,33)(H,31,36)/t14-,16+/m1/s1. The van der Waals surface area contributed by atoms with Crippen LogP contribution in [0.3, 0.4) is 0 Å². The van der Waals surface area contributed by atoms with Gasteiger partial charge in [0.15, 0.2) is 11.5 Å². The molecule has 3 N–H and O–H groups in total. The van der Waals surface area contributed by atoms with Crippen LogP contribution in [-0.2, 0) is 0 Å². The number of nitrogens with one attached hydrogen (secondary N) is 1. The number of carbonyl (C=O) groups excluding carboxylic acids is 1. The van der Waals surface area contributed by atoms with Gasteiger partial charge >= 0.3 is 6.61 Å². The Labute approximate surface area is 216 Å². The Morgan fingerprint density at radius 1 is 1.32 bits per heavy atom. The van der Waals surface area contributed by atoms with Crippen LogP contribution in [-0.4, -0.2) is 36.9 Å². The molecule has 1 aliphatic rings. The maximum Gasteiger partial charge on any atom is 0.387 e. The minimum Gasteiger partial charge on any atom is -0.434 e. The van der Waals surface area contributed by atoms with Gasteiger partial charge in [-0.3, -0.25) is 9.48 Å². The molecule has 194 valence electrons. The summed E-state index contributed by atoms with van der Waals surface area (Å²) >= 11 is 6.22. The highest BCUT2D eigenvalue weighted by molar-refractivity contribution is 6.31. The van der Waals surface area contributed by atoms with E-state index < -0.39 is 12.5 Å². The summed E-state index contributed by atoms with van der Waals surface area (Å²) in [6.45, 7) is -0.879. The Balaban J connectivity index is 1.58. The molecule has 0 bridgehead atoms. The first-order chi connectivity index (χ1) is 17.8. The lowest BCUT2D eigenvalue weighted by atomic mass is 9.84. The van der Waals surface area contributed by atoms with Crippen molar-refractivity contribution in [2.75, 3.05) is 11.1 Å². The van der Waals surface area contributed by atoms with Gasteiger partial charge < -0.3 is 15.8 Å². The minimum atomic E-state index is -3.05. The van der Waals surface area contributed by atoms with Gasteiger partial charge in [0.05, 0.1) is 11.7 Å². The van der Waals surface area contributed by atoms with E-state index in [9.17, 15) is 13.6 Å². The zero-order valence-electron chi connectivity index (χ0n) is 20.1. The number of nitrogen functional groups attached to an aromatic ring is 1. The highest BCUT2D eigenvalue weighted by atomic mass is 35.5. The summed E-state index contributed by atoms with van der Waals surface area (Å²) in [5.41, 5.74) is 7.21. The van der Waals surface area contributed by atoms with Gasteiger partial charge in [-0.15, -0.1) is 5.10 Å². The van der Waals surface area contributed by atoms with Gasteiger partial charge in [-0.05, 0) is 43.0 Å². The summed E-state index contributed by atoms with van der Waals surface area (Å²) in [5, 5.41) is 12.0. The van der Waals surface area contributed by atoms with Crippen molar-refractivity contribution >= 4 is 34.7 Å². The molecule has 1 aromatic carbocycles. The molecule has 3 aromatic heterocycles. The third-order valence-corrected chi connectivity index (χ3v) is 6.98. The minimum absolute atomic E-state index is 0.00712. The van der Waals surface area contributed by atoms with E-state index in [1.165, 1.54) is 28.9 Å². The number of rotatable bonds is 7. The molecule has 1 amide bonds. The van der Waals surface area contributed by atoms with E-state index in [4.69, 9.17) is 27.2 Å². The summed E-state index contributed by atoms with van der Waals surface area (Å²) in [4.78, 5) is 17.6. The summed E-state index contributed by atoms with van der Waals surface area (Å²) < 4.78 is 34.4. The number of aromatic nitrogens is 5. The molecule has 0 saturated heterocycles. The predicted octanol–water partition coefficient (Wildman–Crippen LogP) is 5.82. The number of carbonyl (C=O) groups is 1. The zero-order chi connectivity index (χ0) is 26.1. The Morgan fingerprint density at radius 3 is 2.95 bits per heavy atom. The number of nitrogens with zero attached hydrogens (tertiary/aromatic N) is 5. The van der Waals surface area contributed by atoms with Crippen LogP contribution >= 0.6 is 11.6 Å². The summed E-state index contributed by atoms with van der Waals surface area (Å²) in [6.07, 6.45) is 10.0. The van der Waals surface area contributed by atoms with E-state index in [1.807, 2.05) is 0 Å². The second-order valence-corrected chi connectivity index (χ2v) is 9.52. The third kappa shape index (κ3) is 5.08. The fourth-order valence-electron chi connectivity index (χ4n) is 4.94. The van der Waals surface area contributed by atoms with Gasteiger partial charge in [-0.25, -0.2) is 9.50 Å². The molecule has 0 aliphatic heterocycles. The van der Waals surface area contributed by atoms with E-state index in [1.54, 1.807) is 23.1 Å². The summed E-state index contributed by atoms with van der Waals surface area (Å²) in [6, 6.07) is 6.07. The van der Waals surface area contributed by atoms with Crippen molar-refractivity contribution in [3.8, 4) is 17.0 Å². The van der Waals surface area contributed by atoms with E-state index in [-0.39, 0.29) is 40.1 Å². The van der Waals surface area contributed by atoms with Crippen molar-refractivity contribution in [1.29, 1.82) is 0 Å². The number of hydrogen-bond acceptors (Lipinski definition) is 6. The summed E-state index contributed by atoms with van der Waals surface area (Å²) in [7, 11) is 0. The van der Waals surface area contributed by atoms with Gasteiger partial charge in [0.1, 0.15) is 17.0 Å². The van der Waals surface area contributed by atoms with Gasteiger partial charge in [0, 0.05) is 29.2 Å². The SMILES string of the molecule is CC[C@@H]1CCC[C@H](n2cc(NC(=O)c3c(N)nn4cccnc34)c(-c3cc(Cl)ccc3OC(F)F)n2)C1. The van der Waals surface area contributed by atoms with Crippen molar-refractivity contribution < 1.29 is 18.3 Å². The lowest BCUT2D eigenvalue weighted by Crippen LogP contribution is -2.19. The zero-order valence-corrected chi connectivity index (χ0v) is 20.8. The van der Waals surface area contributed by atoms with E-state index in [0.717, 1.165) is 32.1 Å². The lowest BCUT2D eigenvalue weighted by molar-refractivity contribution is -0.0494. The van der Waals surface area contributed by atoms with Crippen molar-refractivity contribution in [1.82, 2.24) is 24.4 Å². The predicted molar refractivity (Wildman–Crippen MR) is 136 cm³/mol. The second-order valence-electron chi connectivity index (χ2n) is 9.09.